The zero-order chi connectivity index (χ0) is 11.8. The van der Waals surface area contributed by atoms with E-state index >= 15 is 0 Å². The average Bonchev–Trinajstić information content (AvgIpc) is 2.83. The number of rotatable bonds is 1. The molecule has 3 nitrogen and oxygen atoms in total. The van der Waals surface area contributed by atoms with Gasteiger partial charge in [0.05, 0.1) is 12.6 Å². The number of fused-ring (bicyclic) bond motifs is 1. The highest BCUT2D eigenvalue weighted by Crippen LogP contribution is 2.35. The van der Waals surface area contributed by atoms with Gasteiger partial charge >= 0.3 is 0 Å². The van der Waals surface area contributed by atoms with Crippen LogP contribution in [0, 0.1) is 0 Å². The van der Waals surface area contributed by atoms with E-state index in [9.17, 15) is 0 Å². The minimum absolute atomic E-state index is 0.0197. The number of halogens is 1. The van der Waals surface area contributed by atoms with Gasteiger partial charge in [0.1, 0.15) is 11.9 Å². The largest absolute Gasteiger partial charge is 0.369 e. The van der Waals surface area contributed by atoms with Crippen LogP contribution in [0.5, 0.6) is 0 Å². The molecule has 1 aromatic carbocycles. The molecule has 0 aromatic heterocycles. The van der Waals surface area contributed by atoms with E-state index in [4.69, 9.17) is 4.74 Å². The van der Waals surface area contributed by atoms with E-state index in [1.165, 1.54) is 15.6 Å². The van der Waals surface area contributed by atoms with Crippen molar-refractivity contribution in [2.75, 3.05) is 13.1 Å². The Hall–Kier alpha value is -0.870. The first-order valence-corrected chi connectivity index (χ1v) is 6.76. The summed E-state index contributed by atoms with van der Waals surface area (Å²) in [4.78, 5) is 4.49. The molecule has 0 bridgehead atoms. The molecule has 0 fully saturated rings. The summed E-state index contributed by atoms with van der Waals surface area (Å²) in [6.45, 7) is 3.89. The fourth-order valence-corrected chi connectivity index (χ4v) is 3.02. The lowest BCUT2D eigenvalue weighted by atomic mass is 9.94. The summed E-state index contributed by atoms with van der Waals surface area (Å²) in [7, 11) is 0. The highest BCUT2D eigenvalue weighted by Gasteiger charge is 2.31. The van der Waals surface area contributed by atoms with Gasteiger partial charge in [-0.3, -0.25) is 4.99 Å². The van der Waals surface area contributed by atoms with E-state index in [-0.39, 0.29) is 12.2 Å². The Morgan fingerprint density at radius 1 is 1.47 bits per heavy atom. The van der Waals surface area contributed by atoms with Crippen molar-refractivity contribution in [3.63, 3.8) is 0 Å². The van der Waals surface area contributed by atoms with Gasteiger partial charge in [0, 0.05) is 11.0 Å². The molecule has 2 atom stereocenters. The summed E-state index contributed by atoms with van der Waals surface area (Å²) in [6, 6.07) is 6.29. The topological polar surface area (TPSA) is 33.6 Å². The Morgan fingerprint density at radius 3 is 3.12 bits per heavy atom. The van der Waals surface area contributed by atoms with Gasteiger partial charge in [-0.2, -0.15) is 0 Å². The van der Waals surface area contributed by atoms with Crippen LogP contribution in [0.2, 0.25) is 0 Å². The van der Waals surface area contributed by atoms with Crippen LogP contribution in [0.4, 0.5) is 0 Å². The summed E-state index contributed by atoms with van der Waals surface area (Å²) >= 11 is 3.63. The third-order valence-corrected chi connectivity index (χ3v) is 3.99. The van der Waals surface area contributed by atoms with Crippen molar-refractivity contribution in [1.82, 2.24) is 5.32 Å². The fraction of sp³-hybridized carbons (Fsp3) is 0.462. The second-order valence-corrected chi connectivity index (χ2v) is 5.39. The van der Waals surface area contributed by atoms with Crippen LogP contribution in [0.1, 0.15) is 24.2 Å². The molecule has 0 radical (unpaired) electrons. The molecule has 90 valence electrons. The van der Waals surface area contributed by atoms with E-state index in [0.29, 0.717) is 0 Å². The molecule has 0 amide bonds. The third kappa shape index (κ3) is 2.00. The maximum atomic E-state index is 6.04. The van der Waals surface area contributed by atoms with E-state index < -0.39 is 0 Å². The number of amidine groups is 1. The predicted molar refractivity (Wildman–Crippen MR) is 71.4 cm³/mol. The summed E-state index contributed by atoms with van der Waals surface area (Å²) in [5.41, 5.74) is 2.60. The van der Waals surface area contributed by atoms with Crippen LogP contribution in [-0.4, -0.2) is 25.0 Å². The molecule has 0 aliphatic carbocycles. The van der Waals surface area contributed by atoms with Crippen LogP contribution in [0.25, 0.3) is 0 Å². The molecule has 0 saturated carbocycles. The fourth-order valence-electron chi connectivity index (χ4n) is 2.48. The van der Waals surface area contributed by atoms with Gasteiger partial charge in [-0.1, -0.05) is 28.1 Å². The Kier molecular flexibility index (Phi) is 2.92. The van der Waals surface area contributed by atoms with Crippen LogP contribution in [0.3, 0.4) is 0 Å². The number of nitrogens with zero attached hydrogens (tertiary/aromatic N) is 1. The van der Waals surface area contributed by atoms with Crippen molar-refractivity contribution in [2.45, 2.75) is 25.6 Å². The number of nitrogens with one attached hydrogen (secondary N) is 1. The summed E-state index contributed by atoms with van der Waals surface area (Å²) in [5.74, 6) is 0.982. The lowest BCUT2D eigenvalue weighted by Gasteiger charge is -2.31. The second kappa shape index (κ2) is 4.42. The lowest BCUT2D eigenvalue weighted by Crippen LogP contribution is -2.34. The van der Waals surface area contributed by atoms with Crippen molar-refractivity contribution < 1.29 is 4.74 Å². The summed E-state index contributed by atoms with van der Waals surface area (Å²) < 4.78 is 7.21. The van der Waals surface area contributed by atoms with E-state index in [2.05, 4.69) is 51.4 Å². The number of hydrogen-bond acceptors (Lipinski definition) is 3. The van der Waals surface area contributed by atoms with Crippen LogP contribution < -0.4 is 5.32 Å². The molecule has 2 aliphatic rings. The molecule has 0 spiro atoms. The molecule has 2 aliphatic heterocycles. The minimum Gasteiger partial charge on any atom is -0.369 e. The van der Waals surface area contributed by atoms with Crippen LogP contribution in [0.15, 0.2) is 27.7 Å². The van der Waals surface area contributed by atoms with Crippen molar-refractivity contribution in [3.05, 3.63) is 33.8 Å². The maximum absolute atomic E-state index is 6.04. The van der Waals surface area contributed by atoms with E-state index in [1.807, 2.05) is 0 Å². The molecular formula is C13H15BrN2O. The van der Waals surface area contributed by atoms with Crippen molar-refractivity contribution >= 4 is 21.8 Å². The normalized spacial score (nSPS) is 27.3. The van der Waals surface area contributed by atoms with Gasteiger partial charge in [-0.05, 0) is 30.5 Å². The lowest BCUT2D eigenvalue weighted by molar-refractivity contribution is 0.0206. The van der Waals surface area contributed by atoms with Crippen molar-refractivity contribution in [2.24, 2.45) is 4.99 Å². The van der Waals surface area contributed by atoms with Crippen LogP contribution >= 0.6 is 15.9 Å². The number of ether oxygens (including phenoxy) is 1. The Bertz CT molecular complexity index is 472. The average molecular weight is 295 g/mol. The highest BCUT2D eigenvalue weighted by atomic mass is 79.9. The van der Waals surface area contributed by atoms with Gasteiger partial charge in [0.25, 0.3) is 0 Å². The van der Waals surface area contributed by atoms with Gasteiger partial charge in [0.2, 0.25) is 0 Å². The Labute approximate surface area is 109 Å². The minimum atomic E-state index is -0.0197. The molecule has 4 heteroatoms. The molecule has 17 heavy (non-hydrogen) atoms. The molecule has 3 rings (SSSR count). The first kappa shape index (κ1) is 11.2. The van der Waals surface area contributed by atoms with Gasteiger partial charge < -0.3 is 10.1 Å². The highest BCUT2D eigenvalue weighted by molar-refractivity contribution is 9.10. The molecule has 1 N–H and O–H groups in total. The molecule has 1 aromatic rings. The smallest absolute Gasteiger partial charge is 0.140 e. The third-order valence-electron chi connectivity index (χ3n) is 3.25. The molecular weight excluding hydrogens is 280 g/mol. The Morgan fingerprint density at radius 2 is 2.35 bits per heavy atom. The van der Waals surface area contributed by atoms with Crippen molar-refractivity contribution in [1.29, 1.82) is 0 Å². The molecule has 0 saturated heterocycles. The summed E-state index contributed by atoms with van der Waals surface area (Å²) in [6.07, 6.45) is 1.17. The standard InChI is InChI=1S/C13H15BrN2O/c1-8-7-10-9(3-2-4-11(10)14)12(17-8)13-15-5-6-16-13/h2-4,8,12H,5-7H2,1H3,(H,15,16). The number of benzene rings is 1. The SMILES string of the molecule is CC1Cc2c(Br)cccc2C(C2=NCCN2)O1. The summed E-state index contributed by atoms with van der Waals surface area (Å²) in [5, 5.41) is 3.32. The monoisotopic (exact) mass is 294 g/mol. The van der Waals surface area contributed by atoms with E-state index in [1.54, 1.807) is 0 Å². The van der Waals surface area contributed by atoms with Gasteiger partial charge in [-0.25, -0.2) is 0 Å². The second-order valence-electron chi connectivity index (χ2n) is 4.53. The van der Waals surface area contributed by atoms with Gasteiger partial charge in [-0.15, -0.1) is 0 Å². The number of aliphatic imine (C=N–C) groups is 1. The molecule has 2 heterocycles. The first-order chi connectivity index (χ1) is 8.25. The van der Waals surface area contributed by atoms with Gasteiger partial charge in [0.15, 0.2) is 0 Å². The first-order valence-electron chi connectivity index (χ1n) is 5.96. The maximum Gasteiger partial charge on any atom is 0.140 e. The van der Waals surface area contributed by atoms with Crippen molar-refractivity contribution in [3.8, 4) is 0 Å². The Balaban J connectivity index is 2.04. The van der Waals surface area contributed by atoms with Crippen LogP contribution in [-0.2, 0) is 11.2 Å². The van der Waals surface area contributed by atoms with E-state index in [0.717, 1.165) is 25.3 Å². The quantitative estimate of drug-likeness (QED) is 0.863. The zero-order valence-corrected chi connectivity index (χ0v) is 11.3. The predicted octanol–water partition coefficient (Wildman–Crippen LogP) is 2.45. The molecule has 2 unspecified atom stereocenters. The number of hydrogen-bond donors (Lipinski definition) is 1. The zero-order valence-electron chi connectivity index (χ0n) is 9.74.